The second-order valence-electron chi connectivity index (χ2n) is 5.90. The molecule has 1 aromatic heterocycles. The lowest BCUT2D eigenvalue weighted by Crippen LogP contribution is -2.33. The molecule has 2 aromatic rings. The summed E-state index contributed by atoms with van der Waals surface area (Å²) in [7, 11) is 1.73. The fraction of sp³-hybridized carbons (Fsp3) is 0.444. The van der Waals surface area contributed by atoms with Crippen LogP contribution in [0.1, 0.15) is 28.5 Å². The first-order valence-electron chi connectivity index (χ1n) is 8.03. The molecule has 2 heterocycles. The second kappa shape index (κ2) is 7.67. The summed E-state index contributed by atoms with van der Waals surface area (Å²) in [6.45, 7) is 6.39. The van der Waals surface area contributed by atoms with Crippen LogP contribution < -0.4 is 10.1 Å². The number of aryl methyl sites for hydroxylation is 1. The number of ether oxygens (including phenoxy) is 1. The zero-order valence-electron chi connectivity index (χ0n) is 13.6. The van der Waals surface area contributed by atoms with E-state index in [9.17, 15) is 0 Å². The van der Waals surface area contributed by atoms with E-state index in [0.717, 1.165) is 48.9 Å². The van der Waals surface area contributed by atoms with Gasteiger partial charge in [-0.1, -0.05) is 11.6 Å². The smallest absolute Gasteiger partial charge is 0.124 e. The highest BCUT2D eigenvalue weighted by Crippen LogP contribution is 2.40. The number of halogens is 1. The van der Waals surface area contributed by atoms with Gasteiger partial charge in [-0.2, -0.15) is 0 Å². The monoisotopic (exact) mass is 350 g/mol. The summed E-state index contributed by atoms with van der Waals surface area (Å²) in [6.07, 6.45) is 1.16. The summed E-state index contributed by atoms with van der Waals surface area (Å²) in [5.41, 5.74) is 2.49. The fourth-order valence-electron chi connectivity index (χ4n) is 3.21. The Morgan fingerprint density at radius 3 is 2.87 bits per heavy atom. The van der Waals surface area contributed by atoms with Crippen LogP contribution in [0, 0.1) is 6.92 Å². The molecule has 3 nitrogen and oxygen atoms in total. The number of hydrogen-bond acceptors (Lipinski definition) is 4. The van der Waals surface area contributed by atoms with Gasteiger partial charge in [0.1, 0.15) is 5.75 Å². The van der Waals surface area contributed by atoms with Gasteiger partial charge in [-0.05, 0) is 55.1 Å². The summed E-state index contributed by atoms with van der Waals surface area (Å²) in [5, 5.41) is 6.42. The van der Waals surface area contributed by atoms with Crippen LogP contribution in [0.5, 0.6) is 5.75 Å². The zero-order chi connectivity index (χ0) is 16.2. The van der Waals surface area contributed by atoms with Crippen molar-refractivity contribution in [3.63, 3.8) is 0 Å². The lowest BCUT2D eigenvalue weighted by molar-refractivity contribution is 0.238. The number of nitrogens with one attached hydrogen (secondary N) is 1. The van der Waals surface area contributed by atoms with Crippen molar-refractivity contribution >= 4 is 22.9 Å². The predicted octanol–water partition coefficient (Wildman–Crippen LogP) is 4.10. The third kappa shape index (κ3) is 3.72. The average Bonchev–Trinajstić information content (AvgIpc) is 2.80. The van der Waals surface area contributed by atoms with E-state index < -0.39 is 0 Å². The number of nitrogens with zero attached hydrogens (tertiary/aromatic N) is 1. The van der Waals surface area contributed by atoms with E-state index in [1.807, 2.05) is 23.5 Å². The van der Waals surface area contributed by atoms with Crippen LogP contribution in [0.3, 0.4) is 0 Å². The normalized spacial score (nSPS) is 17.7. The molecule has 23 heavy (non-hydrogen) atoms. The minimum absolute atomic E-state index is 0.198. The molecular formula is C18H23ClN2OS. The van der Waals surface area contributed by atoms with Crippen molar-refractivity contribution in [1.29, 1.82) is 0 Å². The number of thiophene rings is 1. The van der Waals surface area contributed by atoms with Gasteiger partial charge in [-0.15, -0.1) is 11.3 Å². The summed E-state index contributed by atoms with van der Waals surface area (Å²) in [4.78, 5) is 3.93. The fourth-order valence-corrected chi connectivity index (χ4v) is 4.47. The molecule has 1 aliphatic rings. The van der Waals surface area contributed by atoms with Gasteiger partial charge in [0.25, 0.3) is 0 Å². The molecule has 1 aromatic carbocycles. The van der Waals surface area contributed by atoms with Crippen molar-refractivity contribution in [1.82, 2.24) is 10.2 Å². The van der Waals surface area contributed by atoms with Crippen LogP contribution in [-0.2, 0) is 0 Å². The van der Waals surface area contributed by atoms with Crippen molar-refractivity contribution in [2.75, 3.05) is 33.3 Å². The van der Waals surface area contributed by atoms with Crippen LogP contribution >= 0.6 is 22.9 Å². The van der Waals surface area contributed by atoms with Gasteiger partial charge in [0.2, 0.25) is 0 Å². The highest BCUT2D eigenvalue weighted by atomic mass is 35.5. The zero-order valence-corrected chi connectivity index (χ0v) is 15.2. The molecule has 0 saturated carbocycles. The molecule has 5 heteroatoms. The predicted molar refractivity (Wildman–Crippen MR) is 98.0 cm³/mol. The van der Waals surface area contributed by atoms with Crippen molar-refractivity contribution in [3.05, 3.63) is 50.7 Å². The Morgan fingerprint density at radius 1 is 1.26 bits per heavy atom. The number of hydrogen-bond donors (Lipinski definition) is 1. The lowest BCUT2D eigenvalue weighted by atomic mass is 9.99. The third-order valence-electron chi connectivity index (χ3n) is 4.38. The Balaban J connectivity index is 2.08. The van der Waals surface area contributed by atoms with E-state index in [0.29, 0.717) is 0 Å². The molecule has 124 valence electrons. The first-order chi connectivity index (χ1) is 11.2. The van der Waals surface area contributed by atoms with Crippen LogP contribution in [-0.4, -0.2) is 38.2 Å². The molecule has 1 atom stereocenters. The summed E-state index contributed by atoms with van der Waals surface area (Å²) >= 11 is 8.12. The molecule has 3 rings (SSSR count). The van der Waals surface area contributed by atoms with Gasteiger partial charge in [-0.25, -0.2) is 0 Å². The molecule has 1 fully saturated rings. The molecule has 0 radical (unpaired) electrons. The first-order valence-corrected chi connectivity index (χ1v) is 9.28. The molecule has 1 aliphatic heterocycles. The van der Waals surface area contributed by atoms with Gasteiger partial charge >= 0.3 is 0 Å². The van der Waals surface area contributed by atoms with Crippen LogP contribution in [0.15, 0.2) is 29.6 Å². The molecule has 1 N–H and O–H groups in total. The average molecular weight is 351 g/mol. The van der Waals surface area contributed by atoms with Gasteiger partial charge in [0.15, 0.2) is 0 Å². The van der Waals surface area contributed by atoms with Crippen LogP contribution in [0.25, 0.3) is 0 Å². The maximum absolute atomic E-state index is 6.31. The lowest BCUT2D eigenvalue weighted by Gasteiger charge is -2.32. The molecule has 0 bridgehead atoms. The molecule has 1 unspecified atom stereocenters. The van der Waals surface area contributed by atoms with Crippen molar-refractivity contribution in [2.24, 2.45) is 0 Å². The Bertz CT molecular complexity index is 650. The topological polar surface area (TPSA) is 24.5 Å². The highest BCUT2D eigenvalue weighted by Gasteiger charge is 2.28. The maximum Gasteiger partial charge on any atom is 0.124 e. The standard InChI is InChI=1S/C18H23ClN2OS/c1-13-6-11-23-18(13)17(21-9-3-7-20-8-10-21)15-12-14(19)4-5-16(15)22-2/h4-6,11-12,17,20H,3,7-10H2,1-2H3. The third-order valence-corrected chi connectivity index (χ3v) is 5.68. The molecule has 1 saturated heterocycles. The molecular weight excluding hydrogens is 328 g/mol. The van der Waals surface area contributed by atoms with Crippen molar-refractivity contribution < 1.29 is 4.74 Å². The Morgan fingerprint density at radius 2 is 2.13 bits per heavy atom. The number of methoxy groups -OCH3 is 1. The summed E-state index contributed by atoms with van der Waals surface area (Å²) < 4.78 is 5.64. The molecule has 0 amide bonds. The quantitative estimate of drug-likeness (QED) is 0.898. The van der Waals surface area contributed by atoms with E-state index in [1.165, 1.54) is 10.4 Å². The Labute approximate surface area is 147 Å². The summed E-state index contributed by atoms with van der Waals surface area (Å²) in [5.74, 6) is 0.907. The molecule has 0 spiro atoms. The summed E-state index contributed by atoms with van der Waals surface area (Å²) in [6, 6.07) is 8.32. The van der Waals surface area contributed by atoms with E-state index in [4.69, 9.17) is 16.3 Å². The SMILES string of the molecule is COc1ccc(Cl)cc1C(c1sccc1C)N1CCCNCC1. The second-order valence-corrected chi connectivity index (χ2v) is 7.28. The Kier molecular flexibility index (Phi) is 5.59. The van der Waals surface area contributed by atoms with Gasteiger partial charge in [-0.3, -0.25) is 4.90 Å². The maximum atomic E-state index is 6.31. The highest BCUT2D eigenvalue weighted by molar-refractivity contribution is 7.10. The Hall–Kier alpha value is -1.07. The first kappa shape index (κ1) is 16.8. The van der Waals surface area contributed by atoms with E-state index in [1.54, 1.807) is 7.11 Å². The van der Waals surface area contributed by atoms with E-state index in [-0.39, 0.29) is 6.04 Å². The number of benzene rings is 1. The van der Waals surface area contributed by atoms with Crippen molar-refractivity contribution in [3.8, 4) is 5.75 Å². The van der Waals surface area contributed by atoms with E-state index >= 15 is 0 Å². The largest absolute Gasteiger partial charge is 0.496 e. The van der Waals surface area contributed by atoms with Crippen LogP contribution in [0.4, 0.5) is 0 Å². The minimum atomic E-state index is 0.198. The number of rotatable bonds is 4. The van der Waals surface area contributed by atoms with Gasteiger partial charge < -0.3 is 10.1 Å². The van der Waals surface area contributed by atoms with Gasteiger partial charge in [0, 0.05) is 35.1 Å². The van der Waals surface area contributed by atoms with Gasteiger partial charge in [0.05, 0.1) is 13.2 Å². The molecule has 0 aliphatic carbocycles. The van der Waals surface area contributed by atoms with Crippen LogP contribution in [0.2, 0.25) is 5.02 Å². The minimum Gasteiger partial charge on any atom is -0.496 e. The van der Waals surface area contributed by atoms with Crippen molar-refractivity contribution in [2.45, 2.75) is 19.4 Å². The van der Waals surface area contributed by atoms with E-state index in [2.05, 4.69) is 34.7 Å².